The van der Waals surface area contributed by atoms with E-state index >= 15 is 0 Å². The standard InChI is InChI=1S/C12H19N3/c1-10-4-6-11(7-5-10)12(13)14-8-9-15(2)3/h4-7H,8-9H2,1-3H3,(H2,13,14). The van der Waals surface area contributed by atoms with Gasteiger partial charge in [-0.2, -0.15) is 0 Å². The van der Waals surface area contributed by atoms with E-state index < -0.39 is 0 Å². The molecular formula is C12H19N3. The summed E-state index contributed by atoms with van der Waals surface area (Å²) in [4.78, 5) is 6.41. The van der Waals surface area contributed by atoms with Crippen molar-refractivity contribution in [3.63, 3.8) is 0 Å². The molecule has 15 heavy (non-hydrogen) atoms. The number of aliphatic imine (C=N–C) groups is 1. The van der Waals surface area contributed by atoms with Gasteiger partial charge >= 0.3 is 0 Å². The van der Waals surface area contributed by atoms with Gasteiger partial charge < -0.3 is 10.6 Å². The van der Waals surface area contributed by atoms with E-state index in [1.54, 1.807) is 0 Å². The quantitative estimate of drug-likeness (QED) is 0.594. The van der Waals surface area contributed by atoms with E-state index in [1.165, 1.54) is 5.56 Å². The molecule has 0 saturated heterocycles. The maximum atomic E-state index is 5.86. The van der Waals surface area contributed by atoms with Crippen LogP contribution in [0.5, 0.6) is 0 Å². The summed E-state index contributed by atoms with van der Waals surface area (Å²) in [6.45, 7) is 3.72. The lowest BCUT2D eigenvalue weighted by molar-refractivity contribution is 0.420. The highest BCUT2D eigenvalue weighted by molar-refractivity contribution is 5.97. The van der Waals surface area contributed by atoms with Crippen LogP contribution >= 0.6 is 0 Å². The van der Waals surface area contributed by atoms with Crippen LogP contribution in [-0.4, -0.2) is 37.9 Å². The van der Waals surface area contributed by atoms with Crippen molar-refractivity contribution in [3.05, 3.63) is 35.4 Å². The molecule has 3 nitrogen and oxygen atoms in total. The Balaban J connectivity index is 2.59. The molecule has 0 unspecified atom stereocenters. The fourth-order valence-electron chi connectivity index (χ4n) is 1.19. The van der Waals surface area contributed by atoms with Crippen LogP contribution in [0, 0.1) is 6.92 Å². The third-order valence-corrected chi connectivity index (χ3v) is 2.18. The second kappa shape index (κ2) is 5.51. The van der Waals surface area contributed by atoms with Crippen molar-refractivity contribution in [1.29, 1.82) is 0 Å². The van der Waals surface area contributed by atoms with Crippen molar-refractivity contribution >= 4 is 5.84 Å². The predicted octanol–water partition coefficient (Wildman–Crippen LogP) is 1.26. The van der Waals surface area contributed by atoms with Crippen molar-refractivity contribution in [2.24, 2.45) is 10.7 Å². The lowest BCUT2D eigenvalue weighted by Gasteiger charge is -2.07. The van der Waals surface area contributed by atoms with Gasteiger partial charge in [0, 0.05) is 12.1 Å². The van der Waals surface area contributed by atoms with Gasteiger partial charge in [-0.25, -0.2) is 0 Å². The average Bonchev–Trinajstić information content (AvgIpc) is 2.18. The summed E-state index contributed by atoms with van der Waals surface area (Å²) < 4.78 is 0. The SMILES string of the molecule is Cc1ccc(C(N)=NCCN(C)C)cc1. The topological polar surface area (TPSA) is 41.6 Å². The number of benzene rings is 1. The molecule has 0 amide bonds. The minimum Gasteiger partial charge on any atom is -0.384 e. The van der Waals surface area contributed by atoms with Gasteiger partial charge in [0.25, 0.3) is 0 Å². The number of rotatable bonds is 4. The largest absolute Gasteiger partial charge is 0.384 e. The van der Waals surface area contributed by atoms with E-state index in [9.17, 15) is 0 Å². The summed E-state index contributed by atoms with van der Waals surface area (Å²) in [6, 6.07) is 8.10. The zero-order valence-corrected chi connectivity index (χ0v) is 9.70. The summed E-state index contributed by atoms with van der Waals surface area (Å²) in [5, 5.41) is 0. The van der Waals surface area contributed by atoms with Crippen LogP contribution in [0.3, 0.4) is 0 Å². The van der Waals surface area contributed by atoms with Gasteiger partial charge in [0.1, 0.15) is 5.84 Å². The molecule has 0 aliphatic heterocycles. The maximum Gasteiger partial charge on any atom is 0.125 e. The molecule has 1 rings (SSSR count). The van der Waals surface area contributed by atoms with Crippen molar-refractivity contribution in [2.75, 3.05) is 27.2 Å². The first kappa shape index (κ1) is 11.7. The minimum atomic E-state index is 0.622. The number of hydrogen-bond donors (Lipinski definition) is 1. The van der Waals surface area contributed by atoms with Gasteiger partial charge in [0.2, 0.25) is 0 Å². The second-order valence-corrected chi connectivity index (χ2v) is 3.94. The Labute approximate surface area is 91.6 Å². The second-order valence-electron chi connectivity index (χ2n) is 3.94. The Hall–Kier alpha value is -1.35. The summed E-state index contributed by atoms with van der Waals surface area (Å²) in [6.07, 6.45) is 0. The van der Waals surface area contributed by atoms with E-state index in [1.807, 2.05) is 38.4 Å². The zero-order chi connectivity index (χ0) is 11.3. The molecule has 0 saturated carbocycles. The Morgan fingerprint density at radius 1 is 1.27 bits per heavy atom. The molecule has 1 aromatic rings. The first-order chi connectivity index (χ1) is 7.09. The van der Waals surface area contributed by atoms with Gasteiger partial charge in [-0.3, -0.25) is 4.99 Å². The summed E-state index contributed by atoms with van der Waals surface area (Å²) in [5.41, 5.74) is 8.10. The first-order valence-electron chi connectivity index (χ1n) is 5.11. The summed E-state index contributed by atoms with van der Waals surface area (Å²) >= 11 is 0. The van der Waals surface area contributed by atoms with Crippen LogP contribution in [0.4, 0.5) is 0 Å². The van der Waals surface area contributed by atoms with Crippen LogP contribution in [0.2, 0.25) is 0 Å². The molecule has 0 fully saturated rings. The van der Waals surface area contributed by atoms with Gasteiger partial charge in [-0.1, -0.05) is 29.8 Å². The molecule has 0 bridgehead atoms. The maximum absolute atomic E-state index is 5.86. The van der Waals surface area contributed by atoms with Crippen LogP contribution in [-0.2, 0) is 0 Å². The highest BCUT2D eigenvalue weighted by atomic mass is 15.1. The molecule has 0 aliphatic carbocycles. The minimum absolute atomic E-state index is 0.622. The molecule has 0 heterocycles. The third kappa shape index (κ3) is 4.13. The first-order valence-corrected chi connectivity index (χ1v) is 5.11. The highest BCUT2D eigenvalue weighted by Crippen LogP contribution is 2.02. The number of hydrogen-bond acceptors (Lipinski definition) is 2. The van der Waals surface area contributed by atoms with Crippen molar-refractivity contribution < 1.29 is 0 Å². The van der Waals surface area contributed by atoms with Crippen LogP contribution in [0.25, 0.3) is 0 Å². The van der Waals surface area contributed by atoms with Crippen LogP contribution in [0.1, 0.15) is 11.1 Å². The average molecular weight is 205 g/mol. The molecule has 0 radical (unpaired) electrons. The van der Waals surface area contributed by atoms with Gasteiger partial charge in [-0.15, -0.1) is 0 Å². The predicted molar refractivity (Wildman–Crippen MR) is 65.3 cm³/mol. The van der Waals surface area contributed by atoms with Crippen LogP contribution in [0.15, 0.2) is 29.3 Å². The Morgan fingerprint density at radius 2 is 1.87 bits per heavy atom. The van der Waals surface area contributed by atoms with E-state index in [4.69, 9.17) is 5.73 Å². The Kier molecular flexibility index (Phi) is 4.31. The van der Waals surface area contributed by atoms with Gasteiger partial charge in [0.05, 0.1) is 6.54 Å². The lowest BCUT2D eigenvalue weighted by atomic mass is 10.1. The van der Waals surface area contributed by atoms with Crippen molar-refractivity contribution in [2.45, 2.75) is 6.92 Å². The lowest BCUT2D eigenvalue weighted by Crippen LogP contribution is -2.19. The van der Waals surface area contributed by atoms with Crippen molar-refractivity contribution in [3.8, 4) is 0 Å². The summed E-state index contributed by atoms with van der Waals surface area (Å²) in [7, 11) is 4.05. The molecule has 0 spiro atoms. The smallest absolute Gasteiger partial charge is 0.125 e. The monoisotopic (exact) mass is 205 g/mol. The van der Waals surface area contributed by atoms with Crippen molar-refractivity contribution in [1.82, 2.24) is 4.90 Å². The van der Waals surface area contributed by atoms with Crippen LogP contribution < -0.4 is 5.73 Å². The van der Waals surface area contributed by atoms with Gasteiger partial charge in [0.15, 0.2) is 0 Å². The Bertz CT molecular complexity index is 325. The fourth-order valence-corrected chi connectivity index (χ4v) is 1.19. The van der Waals surface area contributed by atoms with E-state index in [2.05, 4.69) is 16.8 Å². The third-order valence-electron chi connectivity index (χ3n) is 2.18. The number of nitrogens with zero attached hydrogens (tertiary/aromatic N) is 2. The molecule has 1 aromatic carbocycles. The highest BCUT2D eigenvalue weighted by Gasteiger charge is 1.97. The van der Waals surface area contributed by atoms with Gasteiger partial charge in [-0.05, 0) is 21.0 Å². The molecule has 0 aliphatic rings. The molecule has 82 valence electrons. The molecule has 0 atom stereocenters. The zero-order valence-electron chi connectivity index (χ0n) is 9.70. The van der Waals surface area contributed by atoms with E-state index in [0.717, 1.165) is 18.7 Å². The molecule has 0 aromatic heterocycles. The number of likely N-dealkylation sites (N-methyl/N-ethyl adjacent to an activating group) is 1. The Morgan fingerprint density at radius 3 is 2.40 bits per heavy atom. The number of amidine groups is 1. The summed E-state index contributed by atoms with van der Waals surface area (Å²) in [5.74, 6) is 0.622. The van der Waals surface area contributed by atoms with E-state index in [-0.39, 0.29) is 0 Å². The van der Waals surface area contributed by atoms with E-state index in [0.29, 0.717) is 5.84 Å². The number of nitrogens with two attached hydrogens (primary N) is 1. The molecule has 3 heteroatoms. The molecular weight excluding hydrogens is 186 g/mol. The number of aryl methyl sites for hydroxylation is 1. The fraction of sp³-hybridized carbons (Fsp3) is 0.417. The molecule has 2 N–H and O–H groups in total. The normalized spacial score (nSPS) is 12.1.